The first kappa shape index (κ1) is 16.3. The Morgan fingerprint density at radius 2 is 1.62 bits per heavy atom. The van der Waals surface area contributed by atoms with Gasteiger partial charge in [0.2, 0.25) is 0 Å². The molecular formula is C16H16Cl3NO. The van der Waals surface area contributed by atoms with Crippen molar-refractivity contribution >= 4 is 40.5 Å². The predicted molar refractivity (Wildman–Crippen MR) is 91.0 cm³/mol. The van der Waals surface area contributed by atoms with Gasteiger partial charge in [-0.25, -0.2) is 0 Å². The summed E-state index contributed by atoms with van der Waals surface area (Å²) in [4.78, 5) is 0. The molecule has 5 heteroatoms. The Labute approximate surface area is 139 Å². The molecule has 0 spiro atoms. The van der Waals surface area contributed by atoms with E-state index >= 15 is 0 Å². The Balaban J connectivity index is 1.96. The fourth-order valence-electron chi connectivity index (χ4n) is 2.04. The van der Waals surface area contributed by atoms with Crippen LogP contribution in [0.3, 0.4) is 0 Å². The van der Waals surface area contributed by atoms with Gasteiger partial charge in [-0.15, -0.1) is 0 Å². The molecule has 0 amide bonds. The first-order valence-electron chi connectivity index (χ1n) is 6.64. The maximum Gasteiger partial charge on any atom is 0.115 e. The summed E-state index contributed by atoms with van der Waals surface area (Å²) in [5.74, 6) is 0.282. The van der Waals surface area contributed by atoms with Gasteiger partial charge >= 0.3 is 0 Å². The van der Waals surface area contributed by atoms with Gasteiger partial charge in [0.15, 0.2) is 0 Å². The van der Waals surface area contributed by atoms with Gasteiger partial charge in [0.1, 0.15) is 5.75 Å². The Hall–Kier alpha value is -1.09. The number of phenolic OH excluding ortho intramolecular Hbond substituents is 1. The van der Waals surface area contributed by atoms with E-state index in [1.165, 1.54) is 5.56 Å². The Morgan fingerprint density at radius 3 is 2.19 bits per heavy atom. The van der Waals surface area contributed by atoms with Gasteiger partial charge in [0.05, 0.1) is 15.7 Å². The molecular weight excluding hydrogens is 329 g/mol. The summed E-state index contributed by atoms with van der Waals surface area (Å²) in [6.45, 7) is 2.07. The smallest absolute Gasteiger partial charge is 0.115 e. The highest BCUT2D eigenvalue weighted by atomic mass is 35.5. The summed E-state index contributed by atoms with van der Waals surface area (Å²) in [7, 11) is 0. The summed E-state index contributed by atoms with van der Waals surface area (Å²) < 4.78 is 0. The molecule has 0 saturated carbocycles. The number of benzene rings is 2. The van der Waals surface area contributed by atoms with Gasteiger partial charge in [0.25, 0.3) is 0 Å². The monoisotopic (exact) mass is 343 g/mol. The molecule has 2 aromatic carbocycles. The quantitative estimate of drug-likeness (QED) is 0.720. The van der Waals surface area contributed by atoms with Crippen molar-refractivity contribution < 1.29 is 5.11 Å². The van der Waals surface area contributed by atoms with Gasteiger partial charge in [-0.3, -0.25) is 0 Å². The molecule has 2 rings (SSSR count). The lowest BCUT2D eigenvalue weighted by atomic mass is 10.1. The number of hydrogen-bond donors (Lipinski definition) is 2. The van der Waals surface area contributed by atoms with Crippen LogP contribution < -0.4 is 5.32 Å². The van der Waals surface area contributed by atoms with Crippen molar-refractivity contribution in [3.8, 4) is 5.75 Å². The maximum absolute atomic E-state index is 9.26. The zero-order valence-electron chi connectivity index (χ0n) is 11.5. The van der Waals surface area contributed by atoms with Crippen LogP contribution in [-0.2, 0) is 6.42 Å². The number of phenols is 1. The average molecular weight is 345 g/mol. The van der Waals surface area contributed by atoms with Crippen LogP contribution in [0.4, 0.5) is 5.69 Å². The number of anilines is 1. The molecule has 21 heavy (non-hydrogen) atoms. The normalized spacial score (nSPS) is 12.2. The second kappa shape index (κ2) is 7.26. The second-order valence-corrected chi connectivity index (χ2v) is 6.25. The molecule has 2 N–H and O–H groups in total. The molecule has 2 nitrogen and oxygen atoms in total. The first-order valence-corrected chi connectivity index (χ1v) is 7.78. The van der Waals surface area contributed by atoms with Crippen LogP contribution in [0.2, 0.25) is 15.1 Å². The van der Waals surface area contributed by atoms with Gasteiger partial charge in [-0.05, 0) is 49.6 Å². The van der Waals surface area contributed by atoms with Crippen LogP contribution in [0.5, 0.6) is 5.75 Å². The summed E-state index contributed by atoms with van der Waals surface area (Å²) in [6.07, 6.45) is 1.82. The fraction of sp³-hybridized carbons (Fsp3) is 0.250. The Morgan fingerprint density at radius 1 is 1.05 bits per heavy atom. The summed E-state index contributed by atoms with van der Waals surface area (Å²) in [5, 5.41) is 14.1. The first-order chi connectivity index (χ1) is 9.95. The van der Waals surface area contributed by atoms with E-state index < -0.39 is 0 Å². The lowest BCUT2D eigenvalue weighted by Crippen LogP contribution is -2.16. The molecule has 0 aliphatic carbocycles. The van der Waals surface area contributed by atoms with E-state index in [1.807, 2.05) is 12.1 Å². The molecule has 0 aliphatic heterocycles. The highest BCUT2D eigenvalue weighted by molar-refractivity contribution is 6.41. The summed E-state index contributed by atoms with van der Waals surface area (Å²) in [6, 6.07) is 10.8. The van der Waals surface area contributed by atoms with E-state index in [0.717, 1.165) is 12.8 Å². The number of aryl methyl sites for hydroxylation is 1. The lowest BCUT2D eigenvalue weighted by molar-refractivity contribution is 0.475. The molecule has 0 saturated heterocycles. The zero-order valence-corrected chi connectivity index (χ0v) is 13.8. The molecule has 112 valence electrons. The van der Waals surface area contributed by atoms with Gasteiger partial charge in [-0.2, -0.15) is 0 Å². The minimum Gasteiger partial charge on any atom is -0.508 e. The van der Waals surface area contributed by atoms with Crippen LogP contribution >= 0.6 is 34.8 Å². The number of aromatic hydroxyl groups is 1. The van der Waals surface area contributed by atoms with E-state index in [4.69, 9.17) is 34.8 Å². The second-order valence-electron chi connectivity index (χ2n) is 4.99. The van der Waals surface area contributed by atoms with Gasteiger partial charge in [0, 0.05) is 11.1 Å². The molecule has 0 bridgehead atoms. The van der Waals surface area contributed by atoms with E-state index in [-0.39, 0.29) is 11.8 Å². The molecule has 2 aromatic rings. The van der Waals surface area contributed by atoms with E-state index in [0.29, 0.717) is 20.8 Å². The van der Waals surface area contributed by atoms with Crippen LogP contribution in [0.1, 0.15) is 18.9 Å². The SMILES string of the molecule is CC(CCc1ccc(O)cc1)Nc1c(Cl)cc(Cl)cc1Cl. The number of rotatable bonds is 5. The molecule has 0 fully saturated rings. The maximum atomic E-state index is 9.26. The third kappa shape index (κ3) is 4.70. The predicted octanol–water partition coefficient (Wildman–Crippen LogP) is 5.79. The van der Waals surface area contributed by atoms with Gasteiger partial charge in [-0.1, -0.05) is 46.9 Å². The van der Waals surface area contributed by atoms with Gasteiger partial charge < -0.3 is 10.4 Å². The molecule has 1 unspecified atom stereocenters. The van der Waals surface area contributed by atoms with Crippen molar-refractivity contribution in [3.63, 3.8) is 0 Å². The fourth-order valence-corrected chi connectivity index (χ4v) is 2.97. The topological polar surface area (TPSA) is 32.3 Å². The van der Waals surface area contributed by atoms with Crippen LogP contribution in [0.15, 0.2) is 36.4 Å². The standard InChI is InChI=1S/C16H16Cl3NO/c1-10(2-3-11-4-6-13(21)7-5-11)20-16-14(18)8-12(17)9-15(16)19/h4-10,20-21H,2-3H2,1H3. The molecule has 1 atom stereocenters. The Bertz CT molecular complexity index is 590. The number of nitrogens with one attached hydrogen (secondary N) is 1. The molecule has 0 radical (unpaired) electrons. The van der Waals surface area contributed by atoms with E-state index in [9.17, 15) is 5.11 Å². The highest BCUT2D eigenvalue weighted by Gasteiger charge is 2.11. The van der Waals surface area contributed by atoms with E-state index in [2.05, 4.69) is 12.2 Å². The summed E-state index contributed by atoms with van der Waals surface area (Å²) in [5.41, 5.74) is 1.88. The lowest BCUT2D eigenvalue weighted by Gasteiger charge is -2.18. The third-order valence-corrected chi connectivity index (χ3v) is 4.01. The van der Waals surface area contributed by atoms with Crippen LogP contribution in [-0.4, -0.2) is 11.1 Å². The van der Waals surface area contributed by atoms with Crippen molar-refractivity contribution in [2.75, 3.05) is 5.32 Å². The molecule has 0 heterocycles. The van der Waals surface area contributed by atoms with Crippen molar-refractivity contribution in [2.45, 2.75) is 25.8 Å². The Kier molecular flexibility index (Phi) is 5.63. The van der Waals surface area contributed by atoms with E-state index in [1.54, 1.807) is 24.3 Å². The molecule has 0 aromatic heterocycles. The van der Waals surface area contributed by atoms with Crippen molar-refractivity contribution in [1.82, 2.24) is 0 Å². The van der Waals surface area contributed by atoms with Crippen LogP contribution in [0, 0.1) is 0 Å². The number of halogens is 3. The minimum absolute atomic E-state index is 0.204. The molecule has 0 aliphatic rings. The van der Waals surface area contributed by atoms with Crippen molar-refractivity contribution in [1.29, 1.82) is 0 Å². The highest BCUT2D eigenvalue weighted by Crippen LogP contribution is 2.34. The van der Waals surface area contributed by atoms with Crippen LogP contribution in [0.25, 0.3) is 0 Å². The van der Waals surface area contributed by atoms with Crippen molar-refractivity contribution in [3.05, 3.63) is 57.0 Å². The minimum atomic E-state index is 0.204. The number of hydrogen-bond acceptors (Lipinski definition) is 2. The zero-order chi connectivity index (χ0) is 15.4. The third-order valence-electron chi connectivity index (χ3n) is 3.20. The van der Waals surface area contributed by atoms with Crippen molar-refractivity contribution in [2.24, 2.45) is 0 Å². The average Bonchev–Trinajstić information content (AvgIpc) is 2.42. The summed E-state index contributed by atoms with van der Waals surface area (Å²) >= 11 is 18.2. The largest absolute Gasteiger partial charge is 0.508 e.